The number of halogens is 4. The van der Waals surface area contributed by atoms with E-state index in [9.17, 15) is 17.6 Å². The van der Waals surface area contributed by atoms with Crippen LogP contribution in [0, 0.1) is 5.82 Å². The normalized spacial score (nSPS) is 10.4. The summed E-state index contributed by atoms with van der Waals surface area (Å²) in [7, 11) is 1.51. The first-order chi connectivity index (χ1) is 8.93. The predicted octanol–water partition coefficient (Wildman–Crippen LogP) is 4.54. The molecular weight excluding hydrogens is 260 g/mol. The molecule has 0 saturated heterocycles. The lowest BCUT2D eigenvalue weighted by molar-refractivity contribution is -0.137. The van der Waals surface area contributed by atoms with Gasteiger partial charge in [-0.1, -0.05) is 36.4 Å². The quantitative estimate of drug-likeness (QED) is 0.692. The number of ether oxygens (including phenoxy) is 1. The average molecular weight is 272 g/mol. The van der Waals surface area contributed by atoms with Gasteiger partial charge in [-0.15, -0.1) is 0 Å². The van der Waals surface area contributed by atoms with Gasteiger partial charge < -0.3 is 4.74 Å². The minimum absolute atomic E-state index is 0.269. The van der Waals surface area contributed by atoms with Crippen molar-refractivity contribution in [1.82, 2.24) is 0 Å². The minimum atomic E-state index is -4.21. The molecule has 0 fully saturated rings. The van der Waals surface area contributed by atoms with Crippen molar-refractivity contribution >= 4 is 0 Å². The van der Waals surface area contributed by atoms with E-state index in [1.54, 1.807) is 18.2 Å². The zero-order valence-corrected chi connectivity index (χ0v) is 10.1. The monoisotopic (exact) mass is 272 g/mol. The second kappa shape index (κ2) is 6.78. The van der Waals surface area contributed by atoms with E-state index < -0.39 is 11.7 Å². The van der Waals surface area contributed by atoms with Crippen LogP contribution in [0.2, 0.25) is 0 Å². The Morgan fingerprint density at radius 2 is 1.53 bits per heavy atom. The van der Waals surface area contributed by atoms with Gasteiger partial charge in [-0.3, -0.25) is 0 Å². The fourth-order valence-corrected chi connectivity index (χ4v) is 1.22. The summed E-state index contributed by atoms with van der Waals surface area (Å²) in [5.74, 6) is 0.282. The molecule has 0 atom stereocenters. The van der Waals surface area contributed by atoms with Crippen molar-refractivity contribution in [2.24, 2.45) is 0 Å². The Hall–Kier alpha value is -2.04. The Bertz CT molecular complexity index is 494. The molecule has 0 bridgehead atoms. The molecule has 0 aliphatic carbocycles. The average Bonchev–Trinajstić information content (AvgIpc) is 2.39. The van der Waals surface area contributed by atoms with Gasteiger partial charge in [0.2, 0.25) is 0 Å². The van der Waals surface area contributed by atoms with Crippen molar-refractivity contribution in [3.05, 3.63) is 66.0 Å². The van der Waals surface area contributed by atoms with E-state index in [-0.39, 0.29) is 5.82 Å². The molecule has 0 heterocycles. The van der Waals surface area contributed by atoms with Crippen LogP contribution in [-0.4, -0.2) is 7.11 Å². The summed E-state index contributed by atoms with van der Waals surface area (Å²) in [4.78, 5) is 0. The van der Waals surface area contributed by atoms with Gasteiger partial charge in [-0.2, -0.15) is 13.2 Å². The molecule has 0 unspecified atom stereocenters. The van der Waals surface area contributed by atoms with Gasteiger partial charge in [0.05, 0.1) is 12.7 Å². The second-order valence-corrected chi connectivity index (χ2v) is 3.53. The molecule has 102 valence electrons. The lowest BCUT2D eigenvalue weighted by atomic mass is 10.2. The van der Waals surface area contributed by atoms with E-state index in [0.717, 1.165) is 12.1 Å². The highest BCUT2D eigenvalue weighted by Gasteiger charge is 2.29. The number of hydrogen-bond donors (Lipinski definition) is 0. The van der Waals surface area contributed by atoms with Crippen molar-refractivity contribution in [2.45, 2.75) is 6.18 Å². The Kier molecular flexibility index (Phi) is 5.36. The van der Waals surface area contributed by atoms with Crippen LogP contribution in [0.3, 0.4) is 0 Å². The van der Waals surface area contributed by atoms with Gasteiger partial charge in [0.1, 0.15) is 11.6 Å². The molecule has 0 spiro atoms. The van der Waals surface area contributed by atoms with Gasteiger partial charge in [0.25, 0.3) is 0 Å². The third-order valence-corrected chi connectivity index (χ3v) is 2.13. The molecule has 0 aliphatic heterocycles. The van der Waals surface area contributed by atoms with Crippen LogP contribution in [-0.2, 0) is 6.18 Å². The Balaban J connectivity index is 0.000000191. The van der Waals surface area contributed by atoms with Gasteiger partial charge in [0, 0.05) is 6.07 Å². The Morgan fingerprint density at radius 3 is 1.89 bits per heavy atom. The highest BCUT2D eigenvalue weighted by atomic mass is 19.4. The van der Waals surface area contributed by atoms with E-state index in [1.165, 1.54) is 31.4 Å². The largest absolute Gasteiger partial charge is 0.497 e. The molecule has 5 heteroatoms. The first-order valence-corrected chi connectivity index (χ1v) is 5.35. The summed E-state index contributed by atoms with van der Waals surface area (Å²) < 4.78 is 52.4. The molecule has 0 aromatic heterocycles. The Morgan fingerprint density at radius 1 is 0.895 bits per heavy atom. The second-order valence-electron chi connectivity index (χ2n) is 3.53. The van der Waals surface area contributed by atoms with Crippen LogP contribution in [0.25, 0.3) is 0 Å². The zero-order chi connectivity index (χ0) is 14.3. The van der Waals surface area contributed by atoms with Crippen LogP contribution >= 0.6 is 0 Å². The fraction of sp³-hybridized carbons (Fsp3) is 0.143. The van der Waals surface area contributed by atoms with Gasteiger partial charge in [-0.25, -0.2) is 4.39 Å². The molecule has 0 amide bonds. The first-order valence-electron chi connectivity index (χ1n) is 5.35. The van der Waals surface area contributed by atoms with Gasteiger partial charge in [0.15, 0.2) is 0 Å². The number of alkyl halides is 3. The lowest BCUT2D eigenvalue weighted by Gasteiger charge is -2.03. The number of benzene rings is 2. The van der Waals surface area contributed by atoms with Gasteiger partial charge in [-0.05, 0) is 12.1 Å². The third-order valence-electron chi connectivity index (χ3n) is 2.13. The van der Waals surface area contributed by atoms with Crippen LogP contribution < -0.4 is 4.74 Å². The third kappa shape index (κ3) is 5.42. The minimum Gasteiger partial charge on any atom is -0.497 e. The SMILES string of the molecule is COc1cccc(F)c1.FC(F)(F)c1ccccc1. The summed E-state index contributed by atoms with van der Waals surface area (Å²) in [5.41, 5.74) is -0.602. The number of methoxy groups -OCH3 is 1. The summed E-state index contributed by atoms with van der Waals surface area (Å²) in [6.45, 7) is 0. The van der Waals surface area contributed by atoms with Crippen LogP contribution in [0.4, 0.5) is 17.6 Å². The van der Waals surface area contributed by atoms with Crippen molar-refractivity contribution in [3.63, 3.8) is 0 Å². The van der Waals surface area contributed by atoms with Crippen molar-refractivity contribution in [1.29, 1.82) is 0 Å². The number of hydrogen-bond acceptors (Lipinski definition) is 1. The lowest BCUT2D eigenvalue weighted by Crippen LogP contribution is -2.03. The van der Waals surface area contributed by atoms with Gasteiger partial charge >= 0.3 is 6.18 Å². The van der Waals surface area contributed by atoms with E-state index in [2.05, 4.69) is 0 Å². The van der Waals surface area contributed by atoms with E-state index in [4.69, 9.17) is 4.74 Å². The molecule has 2 rings (SSSR count). The van der Waals surface area contributed by atoms with Crippen LogP contribution in [0.1, 0.15) is 5.56 Å². The predicted molar refractivity (Wildman–Crippen MR) is 64.4 cm³/mol. The first kappa shape index (κ1) is 15.0. The topological polar surface area (TPSA) is 9.23 Å². The molecule has 0 saturated carbocycles. The zero-order valence-electron chi connectivity index (χ0n) is 10.1. The molecule has 0 aliphatic rings. The standard InChI is InChI=1S/C7H5F3.C7H7FO/c8-7(9,10)6-4-2-1-3-5-6;1-9-7-4-2-3-6(8)5-7/h1-5H;2-5H,1H3. The van der Waals surface area contributed by atoms with E-state index in [0.29, 0.717) is 5.75 Å². The summed E-state index contributed by atoms with van der Waals surface area (Å²) in [6, 6.07) is 12.4. The maximum absolute atomic E-state index is 12.3. The smallest absolute Gasteiger partial charge is 0.416 e. The summed E-state index contributed by atoms with van der Waals surface area (Å²) in [5, 5.41) is 0. The molecule has 1 nitrogen and oxygen atoms in total. The summed E-state index contributed by atoms with van der Waals surface area (Å²) in [6.07, 6.45) is -4.21. The maximum Gasteiger partial charge on any atom is 0.416 e. The van der Waals surface area contributed by atoms with Crippen LogP contribution in [0.15, 0.2) is 54.6 Å². The highest BCUT2D eigenvalue weighted by molar-refractivity contribution is 5.22. The van der Waals surface area contributed by atoms with Crippen molar-refractivity contribution in [2.75, 3.05) is 7.11 Å². The highest BCUT2D eigenvalue weighted by Crippen LogP contribution is 2.28. The molecule has 0 radical (unpaired) electrons. The number of rotatable bonds is 1. The van der Waals surface area contributed by atoms with E-state index >= 15 is 0 Å². The molecule has 19 heavy (non-hydrogen) atoms. The molecule has 2 aromatic rings. The molecule has 0 N–H and O–H groups in total. The van der Waals surface area contributed by atoms with Crippen LogP contribution in [0.5, 0.6) is 5.75 Å². The maximum atomic E-state index is 12.3. The van der Waals surface area contributed by atoms with Crippen molar-refractivity contribution < 1.29 is 22.3 Å². The summed E-state index contributed by atoms with van der Waals surface area (Å²) >= 11 is 0. The fourth-order valence-electron chi connectivity index (χ4n) is 1.22. The molecular formula is C14H12F4O. The Labute approximate surface area is 108 Å². The van der Waals surface area contributed by atoms with Crippen molar-refractivity contribution in [3.8, 4) is 5.75 Å². The van der Waals surface area contributed by atoms with E-state index in [1.807, 2.05) is 0 Å². The molecule has 2 aromatic carbocycles.